The summed E-state index contributed by atoms with van der Waals surface area (Å²) in [6, 6.07) is 3.83. The first kappa shape index (κ1) is 12.0. The molecular weight excluding hydrogens is 234 g/mol. The summed E-state index contributed by atoms with van der Waals surface area (Å²) in [6.07, 6.45) is 3.76. The zero-order valence-corrected chi connectivity index (χ0v) is 10.5. The van der Waals surface area contributed by atoms with Crippen molar-refractivity contribution in [1.82, 2.24) is 9.88 Å². The topological polar surface area (TPSA) is 59.2 Å². The molecule has 17 heavy (non-hydrogen) atoms. The Morgan fingerprint density at radius 3 is 2.71 bits per heavy atom. The van der Waals surface area contributed by atoms with E-state index in [9.17, 15) is 4.79 Å². The molecule has 1 aromatic rings. The van der Waals surface area contributed by atoms with Crippen molar-refractivity contribution in [2.75, 3.05) is 6.54 Å². The molecule has 4 nitrogen and oxygen atoms in total. The Morgan fingerprint density at radius 2 is 2.29 bits per heavy atom. The molecule has 0 atom stereocenters. The first-order valence-corrected chi connectivity index (χ1v) is 6.11. The number of pyridine rings is 1. The van der Waals surface area contributed by atoms with E-state index in [1.54, 1.807) is 18.3 Å². The number of hydrogen-bond donors (Lipinski definition) is 1. The summed E-state index contributed by atoms with van der Waals surface area (Å²) in [4.78, 5) is 18.4. The fourth-order valence-electron chi connectivity index (χ4n) is 1.77. The lowest BCUT2D eigenvalue weighted by atomic mass is 10.2. The van der Waals surface area contributed by atoms with Crippen LogP contribution in [0.1, 0.15) is 35.8 Å². The Morgan fingerprint density at radius 1 is 1.59 bits per heavy atom. The normalized spacial score (nSPS) is 14.4. The molecule has 1 aromatic heterocycles. The highest BCUT2D eigenvalue weighted by molar-refractivity contribution is 7.80. The van der Waals surface area contributed by atoms with Crippen molar-refractivity contribution in [3.05, 3.63) is 29.6 Å². The third-order valence-electron chi connectivity index (χ3n) is 2.86. The van der Waals surface area contributed by atoms with E-state index in [-0.39, 0.29) is 5.91 Å². The lowest BCUT2D eigenvalue weighted by Gasteiger charge is -2.19. The van der Waals surface area contributed by atoms with E-state index in [1.807, 2.05) is 11.8 Å². The van der Waals surface area contributed by atoms with E-state index in [0.29, 0.717) is 22.3 Å². The maximum absolute atomic E-state index is 12.1. The lowest BCUT2D eigenvalue weighted by molar-refractivity contribution is 0.0746. The number of carbonyl (C=O) groups is 1. The maximum Gasteiger partial charge on any atom is 0.272 e. The zero-order valence-electron chi connectivity index (χ0n) is 9.72. The molecule has 0 unspecified atom stereocenters. The van der Waals surface area contributed by atoms with Gasteiger partial charge in [0.25, 0.3) is 5.91 Å². The first-order valence-electron chi connectivity index (χ1n) is 5.70. The highest BCUT2D eigenvalue weighted by Gasteiger charge is 2.32. The van der Waals surface area contributed by atoms with E-state index in [2.05, 4.69) is 4.98 Å². The Labute approximate surface area is 106 Å². The molecule has 90 valence electrons. The Bertz CT molecular complexity index is 440. The molecule has 0 aromatic carbocycles. The Kier molecular flexibility index (Phi) is 3.38. The van der Waals surface area contributed by atoms with Gasteiger partial charge >= 0.3 is 0 Å². The van der Waals surface area contributed by atoms with Crippen LogP contribution in [0.15, 0.2) is 18.3 Å². The van der Waals surface area contributed by atoms with Crippen LogP contribution in [0.2, 0.25) is 0 Å². The number of rotatable bonds is 4. The second kappa shape index (κ2) is 4.79. The summed E-state index contributed by atoms with van der Waals surface area (Å²) in [5, 5.41) is 0. The van der Waals surface area contributed by atoms with Crippen LogP contribution >= 0.6 is 12.2 Å². The lowest BCUT2D eigenvalue weighted by Crippen LogP contribution is -2.33. The van der Waals surface area contributed by atoms with E-state index in [0.717, 1.165) is 19.4 Å². The van der Waals surface area contributed by atoms with Crippen molar-refractivity contribution >= 4 is 23.1 Å². The van der Waals surface area contributed by atoms with Gasteiger partial charge in [0.05, 0.1) is 0 Å². The molecule has 1 aliphatic rings. The van der Waals surface area contributed by atoms with Crippen molar-refractivity contribution in [1.29, 1.82) is 0 Å². The van der Waals surface area contributed by atoms with Gasteiger partial charge in [-0.3, -0.25) is 9.78 Å². The van der Waals surface area contributed by atoms with E-state index >= 15 is 0 Å². The molecule has 0 aliphatic heterocycles. The number of hydrogen-bond acceptors (Lipinski definition) is 3. The predicted molar refractivity (Wildman–Crippen MR) is 69.9 cm³/mol. The van der Waals surface area contributed by atoms with Crippen molar-refractivity contribution in [3.8, 4) is 0 Å². The number of amides is 1. The van der Waals surface area contributed by atoms with E-state index in [1.165, 1.54) is 0 Å². The Balaban J connectivity index is 2.15. The van der Waals surface area contributed by atoms with Crippen LogP contribution in [0.5, 0.6) is 0 Å². The van der Waals surface area contributed by atoms with Crippen LogP contribution < -0.4 is 5.73 Å². The van der Waals surface area contributed by atoms with Gasteiger partial charge in [0.2, 0.25) is 0 Å². The largest absolute Gasteiger partial charge is 0.389 e. The monoisotopic (exact) mass is 249 g/mol. The fraction of sp³-hybridized carbons (Fsp3) is 0.417. The van der Waals surface area contributed by atoms with Crippen molar-refractivity contribution in [3.63, 3.8) is 0 Å². The van der Waals surface area contributed by atoms with Crippen LogP contribution in [0.3, 0.4) is 0 Å². The minimum absolute atomic E-state index is 0.00973. The zero-order chi connectivity index (χ0) is 12.4. The smallest absolute Gasteiger partial charge is 0.272 e. The van der Waals surface area contributed by atoms with Gasteiger partial charge in [0.15, 0.2) is 0 Å². The summed E-state index contributed by atoms with van der Waals surface area (Å²) >= 11 is 4.84. The third kappa shape index (κ3) is 2.61. The number of thiocarbonyl (C=S) groups is 1. The molecule has 0 spiro atoms. The molecule has 1 heterocycles. The maximum atomic E-state index is 12.1. The number of aromatic nitrogens is 1. The van der Waals surface area contributed by atoms with Gasteiger partial charge in [-0.05, 0) is 31.9 Å². The summed E-state index contributed by atoms with van der Waals surface area (Å²) in [5.41, 5.74) is 6.62. The average Bonchev–Trinajstić information content (AvgIpc) is 3.14. The molecule has 0 bridgehead atoms. The minimum atomic E-state index is -0.00973. The highest BCUT2D eigenvalue weighted by atomic mass is 32.1. The minimum Gasteiger partial charge on any atom is -0.389 e. The standard InChI is InChI=1S/C12H15N3OS/c1-2-15(9-4-5-9)12(16)10-6-3-8(7-14-10)11(13)17/h3,6-7,9H,2,4-5H2,1H3,(H2,13,17). The van der Waals surface area contributed by atoms with Crippen LogP contribution in [0.25, 0.3) is 0 Å². The molecule has 0 radical (unpaired) electrons. The van der Waals surface area contributed by atoms with Gasteiger partial charge in [-0.25, -0.2) is 0 Å². The molecular formula is C12H15N3OS. The van der Waals surface area contributed by atoms with Gasteiger partial charge in [0.1, 0.15) is 10.7 Å². The van der Waals surface area contributed by atoms with Crippen molar-refractivity contribution in [2.24, 2.45) is 5.73 Å². The van der Waals surface area contributed by atoms with Gasteiger partial charge in [-0.1, -0.05) is 12.2 Å². The van der Waals surface area contributed by atoms with Crippen molar-refractivity contribution in [2.45, 2.75) is 25.8 Å². The molecule has 1 amide bonds. The predicted octanol–water partition coefficient (Wildman–Crippen LogP) is 1.34. The summed E-state index contributed by atoms with van der Waals surface area (Å²) in [6.45, 7) is 2.71. The molecule has 1 aliphatic carbocycles. The number of carbonyl (C=O) groups excluding carboxylic acids is 1. The van der Waals surface area contributed by atoms with E-state index in [4.69, 9.17) is 18.0 Å². The molecule has 0 saturated heterocycles. The Hall–Kier alpha value is -1.49. The molecule has 2 rings (SSSR count). The van der Waals surface area contributed by atoms with Gasteiger partial charge < -0.3 is 10.6 Å². The second-order valence-electron chi connectivity index (χ2n) is 4.12. The molecule has 1 fully saturated rings. The van der Waals surface area contributed by atoms with Gasteiger partial charge in [-0.15, -0.1) is 0 Å². The molecule has 5 heteroatoms. The van der Waals surface area contributed by atoms with E-state index < -0.39 is 0 Å². The number of nitrogens with zero attached hydrogens (tertiary/aromatic N) is 2. The number of nitrogens with two attached hydrogens (primary N) is 1. The van der Waals surface area contributed by atoms with Gasteiger partial charge in [-0.2, -0.15) is 0 Å². The van der Waals surface area contributed by atoms with Gasteiger partial charge in [0, 0.05) is 24.3 Å². The van der Waals surface area contributed by atoms with Crippen LogP contribution in [0.4, 0.5) is 0 Å². The third-order valence-corrected chi connectivity index (χ3v) is 3.09. The fourth-order valence-corrected chi connectivity index (χ4v) is 1.89. The quantitative estimate of drug-likeness (QED) is 0.818. The van der Waals surface area contributed by atoms with Crippen LogP contribution in [-0.4, -0.2) is 33.4 Å². The first-order chi connectivity index (χ1) is 8.13. The highest BCUT2D eigenvalue weighted by Crippen LogP contribution is 2.27. The summed E-state index contributed by atoms with van der Waals surface area (Å²) in [7, 11) is 0. The van der Waals surface area contributed by atoms with Crippen LogP contribution in [0, 0.1) is 0 Å². The summed E-state index contributed by atoms with van der Waals surface area (Å²) in [5.74, 6) is -0.00973. The SMILES string of the molecule is CCN(C(=O)c1ccc(C(N)=S)cn1)C1CC1. The molecule has 2 N–H and O–H groups in total. The van der Waals surface area contributed by atoms with Crippen molar-refractivity contribution < 1.29 is 4.79 Å². The second-order valence-corrected chi connectivity index (χ2v) is 4.56. The molecule has 1 saturated carbocycles. The van der Waals surface area contributed by atoms with Crippen LogP contribution in [-0.2, 0) is 0 Å². The average molecular weight is 249 g/mol. The summed E-state index contributed by atoms with van der Waals surface area (Å²) < 4.78 is 0.